The summed E-state index contributed by atoms with van der Waals surface area (Å²) in [5, 5.41) is 0. The van der Waals surface area contributed by atoms with Crippen LogP contribution in [0.1, 0.15) is 19.2 Å². The van der Waals surface area contributed by atoms with Gasteiger partial charge >= 0.3 is 0 Å². The number of rotatable bonds is 7. The Balaban J connectivity index is 1.85. The average molecular weight is 274 g/mol. The topological polar surface area (TPSA) is 34.9 Å². The van der Waals surface area contributed by atoms with E-state index in [2.05, 4.69) is 16.5 Å². The van der Waals surface area contributed by atoms with Gasteiger partial charge in [0.05, 0.1) is 12.2 Å². The molecule has 0 unspecified atom stereocenters. The molecule has 1 aromatic carbocycles. The van der Waals surface area contributed by atoms with Gasteiger partial charge < -0.3 is 4.57 Å². The van der Waals surface area contributed by atoms with Crippen molar-refractivity contribution in [2.24, 2.45) is 0 Å². The monoisotopic (exact) mass is 274 g/mol. The van der Waals surface area contributed by atoms with Crippen molar-refractivity contribution in [2.45, 2.75) is 31.2 Å². The number of Topliss-reactive ketones (excluding diaryl/α,β-unsaturated/α-hetero) is 1. The zero-order chi connectivity index (χ0) is 13.5. The molecule has 3 nitrogen and oxygen atoms in total. The number of nitrogens with zero attached hydrogens (tertiary/aromatic N) is 2. The van der Waals surface area contributed by atoms with Crippen LogP contribution < -0.4 is 0 Å². The van der Waals surface area contributed by atoms with Crippen LogP contribution in [0.25, 0.3) is 0 Å². The van der Waals surface area contributed by atoms with E-state index in [0.29, 0.717) is 12.2 Å². The molecule has 4 heteroatoms. The quantitative estimate of drug-likeness (QED) is 0.727. The highest BCUT2D eigenvalue weighted by Gasteiger charge is 2.09. The van der Waals surface area contributed by atoms with Gasteiger partial charge in [-0.25, -0.2) is 4.98 Å². The lowest BCUT2D eigenvalue weighted by atomic mass is 10.3. The second-order valence-corrected chi connectivity index (χ2v) is 5.40. The molecule has 0 saturated heterocycles. The molecule has 19 heavy (non-hydrogen) atoms. The summed E-state index contributed by atoms with van der Waals surface area (Å²) in [7, 11) is 0. The van der Waals surface area contributed by atoms with Crippen LogP contribution in [-0.4, -0.2) is 21.1 Å². The third kappa shape index (κ3) is 4.24. The van der Waals surface area contributed by atoms with E-state index >= 15 is 0 Å². The van der Waals surface area contributed by atoms with E-state index in [1.54, 1.807) is 18.0 Å². The van der Waals surface area contributed by atoms with Crippen molar-refractivity contribution < 1.29 is 4.79 Å². The Morgan fingerprint density at radius 2 is 2.11 bits per heavy atom. The third-order valence-corrected chi connectivity index (χ3v) is 3.84. The molecule has 0 N–H and O–H groups in total. The lowest BCUT2D eigenvalue weighted by Crippen LogP contribution is -2.11. The molecule has 0 aliphatic rings. The van der Waals surface area contributed by atoms with Crippen LogP contribution in [0, 0.1) is 0 Å². The van der Waals surface area contributed by atoms with Crippen LogP contribution in [0.15, 0.2) is 47.6 Å². The summed E-state index contributed by atoms with van der Waals surface area (Å²) >= 11 is 1.58. The number of benzene rings is 1. The minimum Gasteiger partial charge on any atom is -0.335 e. The highest BCUT2D eigenvalue weighted by Crippen LogP contribution is 2.17. The molecule has 2 rings (SSSR count). The molecule has 0 bridgehead atoms. The molecular formula is C15H18N2OS. The Bertz CT molecular complexity index is 522. The Labute approximate surface area is 118 Å². The molecule has 100 valence electrons. The van der Waals surface area contributed by atoms with Crippen LogP contribution in [-0.2, 0) is 17.8 Å². The summed E-state index contributed by atoms with van der Waals surface area (Å²) in [6.45, 7) is 3.05. The fourth-order valence-corrected chi connectivity index (χ4v) is 2.64. The van der Waals surface area contributed by atoms with Crippen molar-refractivity contribution in [3.63, 3.8) is 0 Å². The number of carbonyl (C=O) groups is 1. The van der Waals surface area contributed by atoms with E-state index in [1.807, 2.05) is 36.5 Å². The smallest absolute Gasteiger partial charge is 0.150 e. The van der Waals surface area contributed by atoms with Gasteiger partial charge in [0.15, 0.2) is 5.78 Å². The molecule has 0 spiro atoms. The summed E-state index contributed by atoms with van der Waals surface area (Å²) in [6, 6.07) is 10.0. The van der Waals surface area contributed by atoms with Crippen molar-refractivity contribution in [1.29, 1.82) is 0 Å². The molecule has 0 aliphatic carbocycles. The lowest BCUT2D eigenvalue weighted by molar-refractivity contribution is -0.116. The average Bonchev–Trinajstić information content (AvgIpc) is 2.85. The number of aryl methyl sites for hydroxylation is 1. The molecule has 1 aromatic heterocycles. The van der Waals surface area contributed by atoms with Crippen LogP contribution in [0.3, 0.4) is 0 Å². The molecular weight excluding hydrogens is 256 g/mol. The lowest BCUT2D eigenvalue weighted by Gasteiger charge is -2.05. The summed E-state index contributed by atoms with van der Waals surface area (Å²) in [5.74, 6) is 1.60. The number of imidazole rings is 1. The van der Waals surface area contributed by atoms with Crippen molar-refractivity contribution >= 4 is 17.5 Å². The Kier molecular flexibility index (Phi) is 5.21. The SMILES string of the molecule is CCCn1ccnc1CC(=O)CSc1ccccc1. The fraction of sp³-hybridized carbons (Fsp3) is 0.333. The van der Waals surface area contributed by atoms with Gasteiger partial charge in [0.2, 0.25) is 0 Å². The molecule has 2 aromatic rings. The minimum atomic E-state index is 0.220. The van der Waals surface area contributed by atoms with E-state index in [1.165, 1.54) is 0 Å². The highest BCUT2D eigenvalue weighted by molar-refractivity contribution is 8.00. The maximum absolute atomic E-state index is 12.0. The minimum absolute atomic E-state index is 0.220. The second kappa shape index (κ2) is 7.14. The van der Waals surface area contributed by atoms with Gasteiger partial charge in [0.1, 0.15) is 5.82 Å². The van der Waals surface area contributed by atoms with Gasteiger partial charge in [0.25, 0.3) is 0 Å². The summed E-state index contributed by atoms with van der Waals surface area (Å²) < 4.78 is 2.06. The normalized spacial score (nSPS) is 10.6. The van der Waals surface area contributed by atoms with Gasteiger partial charge in [-0.1, -0.05) is 25.1 Å². The maximum atomic E-state index is 12.0. The van der Waals surface area contributed by atoms with E-state index in [9.17, 15) is 4.79 Å². The molecule has 0 fully saturated rings. The summed E-state index contributed by atoms with van der Waals surface area (Å²) in [4.78, 5) is 17.4. The first-order valence-corrected chi connectivity index (χ1v) is 7.47. The predicted molar refractivity (Wildman–Crippen MR) is 78.4 cm³/mol. The number of ketones is 1. The first-order chi connectivity index (χ1) is 9.29. The predicted octanol–water partition coefficient (Wildman–Crippen LogP) is 3.20. The van der Waals surface area contributed by atoms with Crippen LogP contribution in [0.2, 0.25) is 0 Å². The van der Waals surface area contributed by atoms with Crippen LogP contribution in [0.5, 0.6) is 0 Å². The fourth-order valence-electron chi connectivity index (χ4n) is 1.86. The first-order valence-electron chi connectivity index (χ1n) is 6.49. The number of carbonyl (C=O) groups excluding carboxylic acids is 1. The van der Waals surface area contributed by atoms with Gasteiger partial charge in [-0.2, -0.15) is 0 Å². The zero-order valence-electron chi connectivity index (χ0n) is 11.1. The second-order valence-electron chi connectivity index (χ2n) is 4.35. The molecule has 0 radical (unpaired) electrons. The summed E-state index contributed by atoms with van der Waals surface area (Å²) in [6.07, 6.45) is 5.18. The van der Waals surface area contributed by atoms with Gasteiger partial charge in [-0.15, -0.1) is 11.8 Å². The standard InChI is InChI=1S/C15H18N2OS/c1-2-9-17-10-8-16-15(17)11-13(18)12-19-14-6-4-3-5-7-14/h3-8,10H,2,9,11-12H2,1H3. The van der Waals surface area contributed by atoms with E-state index in [4.69, 9.17) is 0 Å². The molecule has 0 aliphatic heterocycles. The van der Waals surface area contributed by atoms with Gasteiger partial charge in [0, 0.05) is 23.8 Å². The Morgan fingerprint density at radius 3 is 2.84 bits per heavy atom. The Hall–Kier alpha value is -1.55. The Morgan fingerprint density at radius 1 is 1.32 bits per heavy atom. The maximum Gasteiger partial charge on any atom is 0.150 e. The van der Waals surface area contributed by atoms with Crippen molar-refractivity contribution in [2.75, 3.05) is 5.75 Å². The van der Waals surface area contributed by atoms with E-state index < -0.39 is 0 Å². The number of thioether (sulfide) groups is 1. The van der Waals surface area contributed by atoms with Crippen molar-refractivity contribution in [3.05, 3.63) is 48.5 Å². The molecule has 0 amide bonds. The van der Waals surface area contributed by atoms with Crippen molar-refractivity contribution in [1.82, 2.24) is 9.55 Å². The van der Waals surface area contributed by atoms with E-state index in [0.717, 1.165) is 23.7 Å². The van der Waals surface area contributed by atoms with Crippen molar-refractivity contribution in [3.8, 4) is 0 Å². The summed E-state index contributed by atoms with van der Waals surface area (Å²) in [5.41, 5.74) is 0. The molecule has 1 heterocycles. The zero-order valence-corrected chi connectivity index (χ0v) is 11.9. The largest absolute Gasteiger partial charge is 0.335 e. The van der Waals surface area contributed by atoms with Crippen LogP contribution in [0.4, 0.5) is 0 Å². The molecule has 0 atom stereocenters. The highest BCUT2D eigenvalue weighted by atomic mass is 32.2. The van der Waals surface area contributed by atoms with E-state index in [-0.39, 0.29) is 5.78 Å². The number of aromatic nitrogens is 2. The van der Waals surface area contributed by atoms with Gasteiger partial charge in [-0.05, 0) is 18.6 Å². The third-order valence-electron chi connectivity index (χ3n) is 2.76. The first kappa shape index (κ1) is 13.9. The van der Waals surface area contributed by atoms with Gasteiger partial charge in [-0.3, -0.25) is 4.79 Å². The van der Waals surface area contributed by atoms with Crippen LogP contribution >= 0.6 is 11.8 Å². The number of hydrogen-bond acceptors (Lipinski definition) is 3. The number of hydrogen-bond donors (Lipinski definition) is 0. The molecule has 0 saturated carbocycles.